The van der Waals surface area contributed by atoms with Crippen molar-refractivity contribution in [3.63, 3.8) is 0 Å². The van der Waals surface area contributed by atoms with Gasteiger partial charge in [0.05, 0.1) is 24.3 Å². The molecule has 0 radical (unpaired) electrons. The highest BCUT2D eigenvalue weighted by Crippen LogP contribution is 2.41. The Kier molecular flexibility index (Phi) is 7.20. The number of ether oxygens (including phenoxy) is 2. The van der Waals surface area contributed by atoms with Gasteiger partial charge in [0.15, 0.2) is 11.5 Å². The minimum Gasteiger partial charge on any atom is -0.506 e. The van der Waals surface area contributed by atoms with E-state index in [0.29, 0.717) is 38.9 Å². The summed E-state index contributed by atoms with van der Waals surface area (Å²) in [7, 11) is 1.47. The molecule has 1 heterocycles. The van der Waals surface area contributed by atoms with Crippen LogP contribution in [0.5, 0.6) is 11.5 Å². The number of methoxy groups -OCH3 is 1. The molecule has 0 unspecified atom stereocenters. The van der Waals surface area contributed by atoms with Crippen LogP contribution in [0.25, 0.3) is 6.08 Å². The lowest BCUT2D eigenvalue weighted by atomic mass is 10.0. The number of rotatable bonds is 7. The number of aromatic hydroxyl groups is 1. The quantitative estimate of drug-likeness (QED) is 0.450. The van der Waals surface area contributed by atoms with Gasteiger partial charge in [-0.15, -0.1) is 6.58 Å². The van der Waals surface area contributed by atoms with Crippen molar-refractivity contribution in [2.75, 3.05) is 13.7 Å². The van der Waals surface area contributed by atoms with Crippen molar-refractivity contribution in [1.82, 2.24) is 0 Å². The molecule has 0 aliphatic carbocycles. The molecule has 31 heavy (non-hydrogen) atoms. The van der Waals surface area contributed by atoms with Crippen LogP contribution in [0.4, 0.5) is 5.69 Å². The second kappa shape index (κ2) is 10.0. The van der Waals surface area contributed by atoms with Gasteiger partial charge in [-0.2, -0.15) is 0 Å². The minimum absolute atomic E-state index is 0.0269. The number of para-hydroxylation sites is 1. The van der Waals surface area contributed by atoms with Crippen LogP contribution >= 0.6 is 11.8 Å². The lowest BCUT2D eigenvalue weighted by Crippen LogP contribution is -2.12. The third kappa shape index (κ3) is 5.00. The van der Waals surface area contributed by atoms with Crippen LogP contribution in [0.2, 0.25) is 0 Å². The molecule has 0 saturated heterocycles. The molecule has 0 atom stereocenters. The molecule has 1 aliphatic heterocycles. The van der Waals surface area contributed by atoms with Crippen LogP contribution in [-0.2, 0) is 16.0 Å². The maximum atomic E-state index is 12.5. The van der Waals surface area contributed by atoms with E-state index in [1.54, 1.807) is 31.2 Å². The van der Waals surface area contributed by atoms with E-state index in [4.69, 9.17) is 9.47 Å². The Morgan fingerprint density at radius 3 is 2.61 bits per heavy atom. The first-order valence-electron chi connectivity index (χ1n) is 9.63. The number of aliphatic hydroxyl groups excluding tert-OH is 1. The monoisotopic (exact) mass is 437 g/mol. The van der Waals surface area contributed by atoms with Crippen LogP contribution < -0.4 is 4.74 Å². The number of nitrogens with zero attached hydrogens (tertiary/aromatic N) is 1. The SMILES string of the molecule is C=CCc1cc(C=C2SC(=Nc3ccccc3)C(C(=O)OCC)=C2O)cc(OC)c1O. The molecule has 3 rings (SSSR count). The Morgan fingerprint density at radius 1 is 1.23 bits per heavy atom. The van der Waals surface area contributed by atoms with E-state index in [1.165, 1.54) is 18.9 Å². The van der Waals surface area contributed by atoms with Gasteiger partial charge in [-0.1, -0.05) is 36.0 Å². The highest BCUT2D eigenvalue weighted by molar-refractivity contribution is 8.18. The number of hydrogen-bond donors (Lipinski definition) is 2. The summed E-state index contributed by atoms with van der Waals surface area (Å²) in [6.45, 7) is 5.59. The molecule has 0 saturated carbocycles. The fourth-order valence-electron chi connectivity index (χ4n) is 3.00. The van der Waals surface area contributed by atoms with Crippen molar-refractivity contribution >= 4 is 34.5 Å². The maximum absolute atomic E-state index is 12.5. The zero-order chi connectivity index (χ0) is 22.4. The number of phenols is 1. The van der Waals surface area contributed by atoms with Crippen LogP contribution in [0.15, 0.2) is 76.3 Å². The largest absolute Gasteiger partial charge is 0.506 e. The van der Waals surface area contributed by atoms with E-state index in [1.807, 2.05) is 30.3 Å². The molecule has 2 aromatic carbocycles. The van der Waals surface area contributed by atoms with E-state index in [0.717, 1.165) is 0 Å². The summed E-state index contributed by atoms with van der Waals surface area (Å²) in [4.78, 5) is 17.5. The molecule has 2 N–H and O–H groups in total. The number of hydrogen-bond acceptors (Lipinski definition) is 7. The van der Waals surface area contributed by atoms with Crippen molar-refractivity contribution < 1.29 is 24.5 Å². The maximum Gasteiger partial charge on any atom is 0.344 e. The second-order valence-electron chi connectivity index (χ2n) is 6.53. The molecule has 0 amide bonds. The number of esters is 1. The van der Waals surface area contributed by atoms with Crippen molar-refractivity contribution in [1.29, 1.82) is 0 Å². The summed E-state index contributed by atoms with van der Waals surface area (Å²) in [5, 5.41) is 21.5. The van der Waals surface area contributed by atoms with Gasteiger partial charge in [0.2, 0.25) is 0 Å². The van der Waals surface area contributed by atoms with Crippen molar-refractivity contribution in [2.45, 2.75) is 13.3 Å². The van der Waals surface area contributed by atoms with Gasteiger partial charge in [-0.25, -0.2) is 9.79 Å². The van der Waals surface area contributed by atoms with Crippen LogP contribution in [-0.4, -0.2) is 34.9 Å². The van der Waals surface area contributed by atoms with Crippen molar-refractivity contribution in [3.8, 4) is 11.5 Å². The predicted octanol–water partition coefficient (Wildman–Crippen LogP) is 5.32. The molecule has 0 bridgehead atoms. The number of thioether (sulfide) groups is 1. The molecule has 2 aromatic rings. The Morgan fingerprint density at radius 2 is 1.97 bits per heavy atom. The lowest BCUT2D eigenvalue weighted by molar-refractivity contribution is -0.138. The molecular weight excluding hydrogens is 414 g/mol. The van der Waals surface area contributed by atoms with E-state index in [9.17, 15) is 15.0 Å². The molecular formula is C24H23NO5S. The molecule has 0 aromatic heterocycles. The summed E-state index contributed by atoms with van der Waals surface area (Å²) in [5.74, 6) is -0.486. The normalized spacial score (nSPS) is 16.1. The van der Waals surface area contributed by atoms with Gasteiger partial charge in [0.25, 0.3) is 0 Å². The first kappa shape index (κ1) is 22.2. The fraction of sp³-hybridized carbons (Fsp3) is 0.167. The van der Waals surface area contributed by atoms with Crippen LogP contribution in [0, 0.1) is 0 Å². The van der Waals surface area contributed by atoms with Crippen molar-refractivity contribution in [3.05, 3.63) is 82.5 Å². The molecule has 0 fully saturated rings. The first-order chi connectivity index (χ1) is 15.0. The summed E-state index contributed by atoms with van der Waals surface area (Å²) in [6.07, 6.45) is 3.83. The molecule has 0 spiro atoms. The molecule has 6 nitrogen and oxygen atoms in total. The Labute approximate surface area is 185 Å². The zero-order valence-corrected chi connectivity index (χ0v) is 18.1. The van der Waals surface area contributed by atoms with Gasteiger partial charge in [0, 0.05) is 5.56 Å². The number of carbonyl (C=O) groups excluding carboxylic acids is 1. The van der Waals surface area contributed by atoms with Gasteiger partial charge in [-0.3, -0.25) is 0 Å². The Balaban J connectivity index is 2.08. The summed E-state index contributed by atoms with van der Waals surface area (Å²) >= 11 is 1.17. The summed E-state index contributed by atoms with van der Waals surface area (Å²) < 4.78 is 10.4. The highest BCUT2D eigenvalue weighted by atomic mass is 32.2. The number of phenolic OH excluding ortho intramolecular Hbond substituents is 1. The number of carbonyl (C=O) groups is 1. The highest BCUT2D eigenvalue weighted by Gasteiger charge is 2.33. The average Bonchev–Trinajstić information content (AvgIpc) is 3.06. The van der Waals surface area contributed by atoms with Gasteiger partial charge in [-0.05, 0) is 49.2 Å². The summed E-state index contributed by atoms with van der Waals surface area (Å²) in [6, 6.07) is 12.6. The second-order valence-corrected chi connectivity index (χ2v) is 7.56. The minimum atomic E-state index is -0.638. The van der Waals surface area contributed by atoms with Crippen LogP contribution in [0.3, 0.4) is 0 Å². The number of aliphatic hydroxyl groups is 1. The van der Waals surface area contributed by atoms with Gasteiger partial charge < -0.3 is 19.7 Å². The van der Waals surface area contributed by atoms with Gasteiger partial charge in [0.1, 0.15) is 16.4 Å². The topological polar surface area (TPSA) is 88.4 Å². The van der Waals surface area contributed by atoms with E-state index >= 15 is 0 Å². The van der Waals surface area contributed by atoms with E-state index < -0.39 is 5.97 Å². The van der Waals surface area contributed by atoms with Crippen LogP contribution in [0.1, 0.15) is 18.1 Å². The Hall–Kier alpha value is -3.45. The number of aliphatic imine (C=N–C) groups is 1. The third-order valence-electron chi connectivity index (χ3n) is 4.42. The smallest absolute Gasteiger partial charge is 0.344 e. The molecule has 1 aliphatic rings. The first-order valence-corrected chi connectivity index (χ1v) is 10.4. The average molecular weight is 438 g/mol. The number of benzene rings is 2. The zero-order valence-electron chi connectivity index (χ0n) is 17.3. The van der Waals surface area contributed by atoms with Gasteiger partial charge >= 0.3 is 5.97 Å². The predicted molar refractivity (Wildman–Crippen MR) is 124 cm³/mol. The van der Waals surface area contributed by atoms with E-state index in [2.05, 4.69) is 11.6 Å². The standard InChI is InChI=1S/C24H23NO5S/c1-4-9-16-12-15(13-18(29-3)21(16)26)14-19-22(27)20(24(28)30-5-2)23(31-19)25-17-10-7-6-8-11-17/h4,6-8,10-14,26-27H,1,5,9H2,2-3H3. The fourth-order valence-corrected chi connectivity index (χ4v) is 4.04. The third-order valence-corrected chi connectivity index (χ3v) is 5.44. The molecule has 7 heteroatoms. The summed E-state index contributed by atoms with van der Waals surface area (Å²) in [5.41, 5.74) is 2.00. The van der Waals surface area contributed by atoms with E-state index in [-0.39, 0.29) is 23.7 Å². The number of allylic oxidation sites excluding steroid dienone is 1. The Bertz CT molecular complexity index is 1090. The van der Waals surface area contributed by atoms with Crippen molar-refractivity contribution in [2.24, 2.45) is 4.99 Å². The lowest BCUT2D eigenvalue weighted by Gasteiger charge is -2.10. The molecule has 160 valence electrons.